The van der Waals surface area contributed by atoms with E-state index in [-0.39, 0.29) is 23.2 Å². The monoisotopic (exact) mass is 396 g/mol. The second-order valence-corrected chi connectivity index (χ2v) is 5.92. The van der Waals surface area contributed by atoms with E-state index in [0.29, 0.717) is 0 Å². The molecule has 2 N–H and O–H groups in total. The average Bonchev–Trinajstić information content (AvgIpc) is 2.60. The number of nitro groups is 1. The summed E-state index contributed by atoms with van der Waals surface area (Å²) in [6.07, 6.45) is -5.38. The van der Waals surface area contributed by atoms with Gasteiger partial charge >= 0.3 is 12.1 Å². The summed E-state index contributed by atoms with van der Waals surface area (Å²) in [4.78, 5) is 33.9. The van der Waals surface area contributed by atoms with Crippen LogP contribution in [0.4, 0.5) is 18.9 Å². The van der Waals surface area contributed by atoms with Crippen molar-refractivity contribution in [1.29, 1.82) is 0 Å². The van der Waals surface area contributed by atoms with E-state index in [1.807, 2.05) is 0 Å². The summed E-state index contributed by atoms with van der Waals surface area (Å²) in [7, 11) is 0. The normalized spacial score (nSPS) is 12.2. The molecule has 28 heavy (non-hydrogen) atoms. The van der Waals surface area contributed by atoms with Gasteiger partial charge in [-0.25, -0.2) is 4.79 Å². The zero-order valence-electron chi connectivity index (χ0n) is 14.3. The van der Waals surface area contributed by atoms with Gasteiger partial charge in [0.05, 0.1) is 16.9 Å². The first kappa shape index (κ1) is 20.9. The summed E-state index contributed by atoms with van der Waals surface area (Å²) in [5.74, 6) is -2.24. The van der Waals surface area contributed by atoms with E-state index in [2.05, 4.69) is 5.32 Å². The minimum atomic E-state index is -4.57. The maximum Gasteiger partial charge on any atom is 0.416 e. The molecule has 0 bridgehead atoms. The molecular formula is C18H15F3N2O5. The van der Waals surface area contributed by atoms with Gasteiger partial charge < -0.3 is 10.4 Å². The highest BCUT2D eigenvalue weighted by Crippen LogP contribution is 2.29. The molecule has 10 heteroatoms. The van der Waals surface area contributed by atoms with Crippen molar-refractivity contribution in [2.24, 2.45) is 0 Å². The molecule has 0 aliphatic heterocycles. The molecule has 0 fully saturated rings. The predicted molar refractivity (Wildman–Crippen MR) is 91.5 cm³/mol. The fourth-order valence-electron chi connectivity index (χ4n) is 2.57. The van der Waals surface area contributed by atoms with Gasteiger partial charge in [0, 0.05) is 18.1 Å². The third kappa shape index (κ3) is 5.53. The number of carbonyl (C=O) groups is 2. The fraction of sp³-hybridized carbons (Fsp3) is 0.222. The van der Waals surface area contributed by atoms with E-state index < -0.39 is 41.0 Å². The lowest BCUT2D eigenvalue weighted by Crippen LogP contribution is -2.43. The second kappa shape index (κ2) is 8.51. The number of alkyl halides is 3. The van der Waals surface area contributed by atoms with Gasteiger partial charge in [0.2, 0.25) is 5.91 Å². The lowest BCUT2D eigenvalue weighted by Gasteiger charge is -2.15. The molecule has 1 atom stereocenters. The number of rotatable bonds is 7. The van der Waals surface area contributed by atoms with Crippen LogP contribution in [0.1, 0.15) is 16.7 Å². The van der Waals surface area contributed by atoms with Crippen molar-refractivity contribution in [3.8, 4) is 0 Å². The molecule has 2 aromatic rings. The van der Waals surface area contributed by atoms with Crippen LogP contribution < -0.4 is 5.32 Å². The minimum absolute atomic E-state index is 0.0576. The Balaban J connectivity index is 2.12. The van der Waals surface area contributed by atoms with Crippen LogP contribution in [-0.2, 0) is 28.6 Å². The summed E-state index contributed by atoms with van der Waals surface area (Å²) < 4.78 is 38.2. The predicted octanol–water partition coefficient (Wildman–Crippen LogP) is 2.97. The van der Waals surface area contributed by atoms with E-state index >= 15 is 0 Å². The van der Waals surface area contributed by atoms with Crippen molar-refractivity contribution >= 4 is 17.6 Å². The molecule has 0 aliphatic rings. The maximum atomic E-state index is 12.7. The maximum absolute atomic E-state index is 12.7. The van der Waals surface area contributed by atoms with Gasteiger partial charge in [-0.3, -0.25) is 14.9 Å². The summed E-state index contributed by atoms with van der Waals surface area (Å²) in [6, 6.07) is 8.13. The first-order valence-electron chi connectivity index (χ1n) is 7.98. The summed E-state index contributed by atoms with van der Waals surface area (Å²) in [5.41, 5.74) is -1.05. The molecule has 0 heterocycles. The molecule has 2 rings (SSSR count). The smallest absolute Gasteiger partial charge is 0.416 e. The van der Waals surface area contributed by atoms with Crippen LogP contribution in [0.2, 0.25) is 0 Å². The van der Waals surface area contributed by atoms with E-state index in [1.165, 1.54) is 30.3 Å². The number of nitrogens with zero attached hydrogens (tertiary/aromatic N) is 1. The van der Waals surface area contributed by atoms with Crippen LogP contribution in [0.15, 0.2) is 48.5 Å². The van der Waals surface area contributed by atoms with Crippen LogP contribution >= 0.6 is 0 Å². The number of benzene rings is 2. The van der Waals surface area contributed by atoms with Crippen LogP contribution in [0, 0.1) is 10.1 Å². The highest BCUT2D eigenvalue weighted by Gasteiger charge is 2.30. The number of hydrogen-bond donors (Lipinski definition) is 2. The van der Waals surface area contributed by atoms with Gasteiger partial charge in [0.15, 0.2) is 0 Å². The standard InChI is InChI=1S/C18H15F3N2O5/c19-18(20,21)13-6-3-4-11(8-13)9-16(24)22-14(17(25)26)10-12-5-1-2-7-15(12)23(27)28/h1-8,14H,9-10H2,(H,22,24)(H,25,26)/t14-/m1/s1. The van der Waals surface area contributed by atoms with Crippen LogP contribution in [0.3, 0.4) is 0 Å². The lowest BCUT2D eigenvalue weighted by atomic mass is 10.0. The zero-order chi connectivity index (χ0) is 20.9. The topological polar surface area (TPSA) is 110 Å². The number of carbonyl (C=O) groups excluding carboxylic acids is 1. The third-order valence-corrected chi connectivity index (χ3v) is 3.86. The molecule has 0 radical (unpaired) electrons. The van der Waals surface area contributed by atoms with E-state index in [0.717, 1.165) is 18.2 Å². The average molecular weight is 396 g/mol. The quantitative estimate of drug-likeness (QED) is 0.552. The fourth-order valence-corrected chi connectivity index (χ4v) is 2.57. The first-order valence-corrected chi connectivity index (χ1v) is 7.98. The Morgan fingerprint density at radius 3 is 2.43 bits per heavy atom. The van der Waals surface area contributed by atoms with Crippen molar-refractivity contribution < 1.29 is 32.8 Å². The lowest BCUT2D eigenvalue weighted by molar-refractivity contribution is -0.385. The molecule has 0 unspecified atom stereocenters. The number of carboxylic acid groups (broad SMARTS) is 1. The molecule has 0 aromatic heterocycles. The summed E-state index contributed by atoms with van der Waals surface area (Å²) in [6.45, 7) is 0. The highest BCUT2D eigenvalue weighted by atomic mass is 19.4. The number of amides is 1. The van der Waals surface area contributed by atoms with E-state index in [1.54, 1.807) is 0 Å². The molecule has 0 aliphatic carbocycles. The van der Waals surface area contributed by atoms with Crippen molar-refractivity contribution in [1.82, 2.24) is 5.32 Å². The number of carboxylic acids is 1. The highest BCUT2D eigenvalue weighted by molar-refractivity contribution is 5.85. The molecule has 0 spiro atoms. The Morgan fingerprint density at radius 2 is 1.82 bits per heavy atom. The Hall–Kier alpha value is -3.43. The van der Waals surface area contributed by atoms with Gasteiger partial charge in [-0.2, -0.15) is 13.2 Å². The second-order valence-electron chi connectivity index (χ2n) is 5.92. The van der Waals surface area contributed by atoms with Crippen LogP contribution in [0.25, 0.3) is 0 Å². The van der Waals surface area contributed by atoms with Crippen molar-refractivity contribution in [2.75, 3.05) is 0 Å². The van der Waals surface area contributed by atoms with Crippen LogP contribution in [0.5, 0.6) is 0 Å². The van der Waals surface area contributed by atoms with Gasteiger partial charge in [-0.1, -0.05) is 36.4 Å². The SMILES string of the molecule is O=C(Cc1cccc(C(F)(F)F)c1)N[C@H](Cc1ccccc1[N+](=O)[O-])C(=O)O. The van der Waals surface area contributed by atoms with Crippen molar-refractivity contribution in [3.05, 3.63) is 75.3 Å². The number of hydrogen-bond acceptors (Lipinski definition) is 4. The largest absolute Gasteiger partial charge is 0.480 e. The van der Waals surface area contributed by atoms with Gasteiger partial charge in [0.25, 0.3) is 5.69 Å². The summed E-state index contributed by atoms with van der Waals surface area (Å²) in [5, 5.41) is 22.5. The number of aliphatic carboxylic acids is 1. The molecule has 0 saturated carbocycles. The van der Waals surface area contributed by atoms with Gasteiger partial charge in [-0.05, 0) is 11.6 Å². The van der Waals surface area contributed by atoms with Crippen molar-refractivity contribution in [3.63, 3.8) is 0 Å². The molecule has 1 amide bonds. The first-order chi connectivity index (χ1) is 13.1. The van der Waals surface area contributed by atoms with Crippen LogP contribution in [-0.4, -0.2) is 27.9 Å². The Labute approximate surface area is 156 Å². The molecular weight excluding hydrogens is 381 g/mol. The third-order valence-electron chi connectivity index (χ3n) is 3.86. The summed E-state index contributed by atoms with van der Waals surface area (Å²) >= 11 is 0. The van der Waals surface area contributed by atoms with E-state index in [9.17, 15) is 38.0 Å². The molecule has 7 nitrogen and oxygen atoms in total. The number of halogens is 3. The number of nitro benzene ring substituents is 1. The molecule has 0 saturated heterocycles. The minimum Gasteiger partial charge on any atom is -0.480 e. The Kier molecular flexibility index (Phi) is 6.34. The molecule has 148 valence electrons. The Morgan fingerprint density at radius 1 is 1.14 bits per heavy atom. The Bertz CT molecular complexity index is 899. The van der Waals surface area contributed by atoms with E-state index in [4.69, 9.17) is 0 Å². The number of nitrogens with one attached hydrogen (secondary N) is 1. The zero-order valence-corrected chi connectivity index (χ0v) is 14.3. The van der Waals surface area contributed by atoms with Gasteiger partial charge in [-0.15, -0.1) is 0 Å². The van der Waals surface area contributed by atoms with Crippen molar-refractivity contribution in [2.45, 2.75) is 25.1 Å². The van der Waals surface area contributed by atoms with Gasteiger partial charge in [0.1, 0.15) is 6.04 Å². The number of para-hydroxylation sites is 1. The molecule has 2 aromatic carbocycles.